The molecule has 2 rings (SSSR count). The number of hydrogen-bond acceptors (Lipinski definition) is 3. The third kappa shape index (κ3) is 2.15. The van der Waals surface area contributed by atoms with Crippen LogP contribution in [0, 0.1) is 0 Å². The lowest BCUT2D eigenvalue weighted by atomic mass is 10.3. The van der Waals surface area contributed by atoms with Gasteiger partial charge in [0.1, 0.15) is 6.33 Å². The van der Waals surface area contributed by atoms with Crippen LogP contribution in [0.5, 0.6) is 0 Å². The molecule has 0 unspecified atom stereocenters. The van der Waals surface area contributed by atoms with Gasteiger partial charge in [-0.15, -0.1) is 0 Å². The number of para-hydroxylation sites is 1. The van der Waals surface area contributed by atoms with E-state index >= 15 is 0 Å². The first-order chi connectivity index (χ1) is 7.18. The molecular formula is C9H5Br2N3O. The zero-order valence-corrected chi connectivity index (χ0v) is 10.6. The molecule has 15 heavy (non-hydrogen) atoms. The lowest BCUT2D eigenvalue weighted by molar-refractivity contribution is 0.774. The molecule has 6 heteroatoms. The third-order valence-corrected chi connectivity index (χ3v) is 2.92. The van der Waals surface area contributed by atoms with Crippen molar-refractivity contribution in [3.63, 3.8) is 0 Å². The van der Waals surface area contributed by atoms with Crippen molar-refractivity contribution in [2.45, 2.75) is 0 Å². The van der Waals surface area contributed by atoms with Crippen molar-refractivity contribution in [3.8, 4) is 5.69 Å². The molecule has 1 aromatic heterocycles. The highest BCUT2D eigenvalue weighted by Gasteiger charge is 2.03. The second kappa shape index (κ2) is 4.24. The van der Waals surface area contributed by atoms with Crippen molar-refractivity contribution in [2.75, 3.05) is 0 Å². The van der Waals surface area contributed by atoms with Crippen LogP contribution < -0.4 is 5.56 Å². The Morgan fingerprint density at radius 1 is 1.20 bits per heavy atom. The van der Waals surface area contributed by atoms with E-state index < -0.39 is 0 Å². The van der Waals surface area contributed by atoms with E-state index in [1.807, 2.05) is 24.3 Å². The Labute approximate surface area is 102 Å². The van der Waals surface area contributed by atoms with Crippen LogP contribution in [0.1, 0.15) is 0 Å². The highest BCUT2D eigenvalue weighted by Crippen LogP contribution is 2.18. The van der Waals surface area contributed by atoms with Crippen LogP contribution in [0.25, 0.3) is 5.69 Å². The summed E-state index contributed by atoms with van der Waals surface area (Å²) in [6, 6.07) is 7.55. The lowest BCUT2D eigenvalue weighted by Gasteiger charge is -2.05. The first-order valence-electron chi connectivity index (χ1n) is 4.05. The van der Waals surface area contributed by atoms with Crippen LogP contribution in [-0.2, 0) is 0 Å². The van der Waals surface area contributed by atoms with Gasteiger partial charge in [0.25, 0.3) is 0 Å². The molecule has 0 aliphatic rings. The van der Waals surface area contributed by atoms with Gasteiger partial charge in [0, 0.05) is 4.47 Å². The first kappa shape index (κ1) is 10.5. The molecule has 0 N–H and O–H groups in total. The Balaban J connectivity index is 2.60. The predicted molar refractivity (Wildman–Crippen MR) is 63.0 cm³/mol. The van der Waals surface area contributed by atoms with Crippen LogP contribution in [-0.4, -0.2) is 14.8 Å². The van der Waals surface area contributed by atoms with Crippen molar-refractivity contribution in [1.29, 1.82) is 0 Å². The first-order valence-corrected chi connectivity index (χ1v) is 5.63. The van der Waals surface area contributed by atoms with Gasteiger partial charge in [-0.25, -0.2) is 4.68 Å². The molecule has 0 amide bonds. The van der Waals surface area contributed by atoms with Gasteiger partial charge < -0.3 is 0 Å². The number of halogens is 2. The fraction of sp³-hybridized carbons (Fsp3) is 0. The second-order valence-corrected chi connectivity index (χ2v) is 4.34. The maximum atomic E-state index is 11.0. The summed E-state index contributed by atoms with van der Waals surface area (Å²) in [5.41, 5.74) is 0.448. The van der Waals surface area contributed by atoms with E-state index in [1.165, 1.54) is 11.0 Å². The normalized spacial score (nSPS) is 10.3. The maximum absolute atomic E-state index is 11.0. The molecule has 0 radical (unpaired) electrons. The van der Waals surface area contributed by atoms with Gasteiger partial charge in [0.05, 0.1) is 5.69 Å². The lowest BCUT2D eigenvalue weighted by Crippen LogP contribution is -2.14. The van der Waals surface area contributed by atoms with Crippen molar-refractivity contribution >= 4 is 31.9 Å². The van der Waals surface area contributed by atoms with Crippen LogP contribution in [0.15, 0.2) is 44.5 Å². The quantitative estimate of drug-likeness (QED) is 0.805. The van der Waals surface area contributed by atoms with Gasteiger partial charge in [0.15, 0.2) is 4.60 Å². The van der Waals surface area contributed by atoms with Crippen LogP contribution >= 0.6 is 31.9 Å². The molecule has 0 spiro atoms. The van der Waals surface area contributed by atoms with Gasteiger partial charge in [-0.1, -0.05) is 12.1 Å². The Morgan fingerprint density at radius 3 is 2.60 bits per heavy atom. The molecule has 0 saturated heterocycles. The molecule has 1 aromatic carbocycles. The Bertz CT molecular complexity index is 553. The molecular weight excluding hydrogens is 326 g/mol. The molecule has 0 atom stereocenters. The van der Waals surface area contributed by atoms with Crippen LogP contribution in [0.2, 0.25) is 0 Å². The highest BCUT2D eigenvalue weighted by molar-refractivity contribution is 9.10. The standard InChI is InChI=1S/C9H5Br2N3O/c10-6-3-1-2-4-7(6)14-5-12-9(15)8(11)13-14/h1-5H. The summed E-state index contributed by atoms with van der Waals surface area (Å²) in [5, 5.41) is 4.03. The van der Waals surface area contributed by atoms with Crippen molar-refractivity contribution in [2.24, 2.45) is 0 Å². The second-order valence-electron chi connectivity index (χ2n) is 2.74. The zero-order chi connectivity index (χ0) is 10.8. The molecule has 0 aliphatic heterocycles. The van der Waals surface area contributed by atoms with Crippen molar-refractivity contribution < 1.29 is 0 Å². The summed E-state index contributed by atoms with van der Waals surface area (Å²) < 4.78 is 2.60. The largest absolute Gasteiger partial charge is 0.306 e. The van der Waals surface area contributed by atoms with E-state index in [0.717, 1.165) is 10.2 Å². The molecule has 0 saturated carbocycles. The Hall–Kier alpha value is -1.01. The molecule has 0 bridgehead atoms. The van der Waals surface area contributed by atoms with Crippen molar-refractivity contribution in [3.05, 3.63) is 50.0 Å². The topological polar surface area (TPSA) is 47.8 Å². The average molecular weight is 331 g/mol. The number of hydrogen-bond donors (Lipinski definition) is 0. The van der Waals surface area contributed by atoms with Crippen LogP contribution in [0.3, 0.4) is 0 Å². The minimum Gasteiger partial charge on any atom is -0.264 e. The zero-order valence-electron chi connectivity index (χ0n) is 7.39. The molecule has 4 nitrogen and oxygen atoms in total. The fourth-order valence-electron chi connectivity index (χ4n) is 1.08. The van der Waals surface area contributed by atoms with E-state index in [1.54, 1.807) is 0 Å². The van der Waals surface area contributed by atoms with Gasteiger partial charge >= 0.3 is 5.56 Å². The van der Waals surface area contributed by atoms with Gasteiger partial charge in [-0.05, 0) is 44.0 Å². The summed E-state index contributed by atoms with van der Waals surface area (Å²) >= 11 is 6.44. The van der Waals surface area contributed by atoms with E-state index in [4.69, 9.17) is 0 Å². The third-order valence-electron chi connectivity index (χ3n) is 1.76. The van der Waals surface area contributed by atoms with Crippen LogP contribution in [0.4, 0.5) is 0 Å². The smallest absolute Gasteiger partial charge is 0.264 e. The average Bonchev–Trinajstić information content (AvgIpc) is 2.23. The number of benzene rings is 1. The highest BCUT2D eigenvalue weighted by atomic mass is 79.9. The monoisotopic (exact) mass is 329 g/mol. The Morgan fingerprint density at radius 2 is 1.93 bits per heavy atom. The molecule has 2 aromatic rings. The summed E-state index contributed by atoms with van der Waals surface area (Å²) in [5.74, 6) is 0. The molecule has 76 valence electrons. The molecule has 0 fully saturated rings. The van der Waals surface area contributed by atoms with E-state index in [0.29, 0.717) is 0 Å². The van der Waals surface area contributed by atoms with E-state index in [2.05, 4.69) is 41.9 Å². The Kier molecular flexibility index (Phi) is 2.97. The SMILES string of the molecule is O=c1ncn(-c2ccccc2Br)nc1Br. The van der Waals surface area contributed by atoms with Gasteiger partial charge in [-0.3, -0.25) is 4.79 Å². The summed E-state index contributed by atoms with van der Waals surface area (Å²) in [4.78, 5) is 14.7. The minimum atomic E-state index is -0.377. The van der Waals surface area contributed by atoms with Gasteiger partial charge in [-0.2, -0.15) is 10.1 Å². The molecule has 1 heterocycles. The maximum Gasteiger partial charge on any atom is 0.306 e. The fourth-order valence-corrected chi connectivity index (χ4v) is 1.82. The summed E-state index contributed by atoms with van der Waals surface area (Å²) in [7, 11) is 0. The summed E-state index contributed by atoms with van der Waals surface area (Å²) in [6.07, 6.45) is 1.38. The van der Waals surface area contributed by atoms with Crippen molar-refractivity contribution in [1.82, 2.24) is 14.8 Å². The predicted octanol–water partition coefficient (Wildman–Crippen LogP) is 2.15. The molecule has 0 aliphatic carbocycles. The minimum absolute atomic E-state index is 0.195. The number of rotatable bonds is 1. The van der Waals surface area contributed by atoms with E-state index in [9.17, 15) is 4.79 Å². The number of nitrogens with zero attached hydrogens (tertiary/aromatic N) is 3. The summed E-state index contributed by atoms with van der Waals surface area (Å²) in [6.45, 7) is 0. The number of aromatic nitrogens is 3. The van der Waals surface area contributed by atoms with E-state index in [-0.39, 0.29) is 10.2 Å². The van der Waals surface area contributed by atoms with Gasteiger partial charge in [0.2, 0.25) is 0 Å².